The van der Waals surface area contributed by atoms with Gasteiger partial charge in [0.1, 0.15) is 11.8 Å². The average Bonchev–Trinajstić information content (AvgIpc) is 3.41. The molecule has 2 amide bonds. The molecule has 3 aromatic carbocycles. The Kier molecular flexibility index (Phi) is 9.64. The van der Waals surface area contributed by atoms with Crippen molar-refractivity contribution in [3.8, 4) is 0 Å². The van der Waals surface area contributed by atoms with Crippen molar-refractivity contribution in [2.24, 2.45) is 0 Å². The predicted octanol–water partition coefficient (Wildman–Crippen LogP) is 5.28. The summed E-state index contributed by atoms with van der Waals surface area (Å²) in [5, 5.41) is 4.04. The van der Waals surface area contributed by atoms with E-state index in [0.29, 0.717) is 31.8 Å². The van der Waals surface area contributed by atoms with Crippen LogP contribution < -0.4 is 4.90 Å². The molecule has 0 bridgehead atoms. The first-order valence-electron chi connectivity index (χ1n) is 16.2. The minimum atomic E-state index is -0.688. The van der Waals surface area contributed by atoms with Gasteiger partial charge in [-0.1, -0.05) is 71.9 Å². The van der Waals surface area contributed by atoms with Crippen LogP contribution in [0.15, 0.2) is 89.5 Å². The molecule has 1 fully saturated rings. The van der Waals surface area contributed by atoms with Crippen LogP contribution in [-0.4, -0.2) is 77.5 Å². The monoisotopic (exact) mass is 617 g/mol. The molecule has 0 radical (unpaired) electrons. The van der Waals surface area contributed by atoms with Gasteiger partial charge in [-0.15, -0.1) is 0 Å². The van der Waals surface area contributed by atoms with Crippen molar-refractivity contribution in [3.63, 3.8) is 0 Å². The molecule has 1 aromatic heterocycles. The molecule has 3 heterocycles. The van der Waals surface area contributed by atoms with Crippen LogP contribution in [0.5, 0.6) is 0 Å². The Labute approximate surface area is 271 Å². The Hall–Kier alpha value is -4.69. The van der Waals surface area contributed by atoms with Crippen LogP contribution in [0.25, 0.3) is 6.08 Å². The Balaban J connectivity index is 1.32. The molecule has 4 aromatic rings. The van der Waals surface area contributed by atoms with Crippen LogP contribution in [0.3, 0.4) is 0 Å². The first-order valence-corrected chi connectivity index (χ1v) is 16.2. The molecule has 0 unspecified atom stereocenters. The highest BCUT2D eigenvalue weighted by Gasteiger charge is 2.34. The maximum Gasteiger partial charge on any atom is 0.247 e. The van der Waals surface area contributed by atoms with Gasteiger partial charge in [0.15, 0.2) is 0 Å². The topological polar surface area (TPSA) is 73.1 Å². The van der Waals surface area contributed by atoms with Gasteiger partial charge in [0.2, 0.25) is 11.8 Å². The molecule has 2 aliphatic heterocycles. The van der Waals surface area contributed by atoms with Gasteiger partial charge in [-0.3, -0.25) is 9.59 Å². The predicted molar refractivity (Wildman–Crippen MR) is 181 cm³/mol. The number of aryl methyl sites for hydroxylation is 2. The lowest BCUT2D eigenvalue weighted by molar-refractivity contribution is -0.144. The fraction of sp³-hybridized carbons (Fsp3) is 0.342. The highest BCUT2D eigenvalue weighted by Crippen LogP contribution is 2.25. The molecule has 46 heavy (non-hydrogen) atoms. The van der Waals surface area contributed by atoms with Crippen molar-refractivity contribution in [2.45, 2.75) is 45.8 Å². The van der Waals surface area contributed by atoms with E-state index in [2.05, 4.69) is 64.5 Å². The number of amides is 2. The maximum absolute atomic E-state index is 14.5. The fourth-order valence-corrected chi connectivity index (χ4v) is 6.46. The second-order valence-electron chi connectivity index (χ2n) is 12.5. The molecule has 8 nitrogen and oxygen atoms in total. The summed E-state index contributed by atoms with van der Waals surface area (Å²) in [4.78, 5) is 37.2. The number of hydrogen-bond donors (Lipinski definition) is 0. The van der Waals surface area contributed by atoms with Crippen LogP contribution >= 0.6 is 0 Å². The van der Waals surface area contributed by atoms with Crippen molar-refractivity contribution in [1.29, 1.82) is 0 Å². The molecular weight excluding hydrogens is 574 g/mol. The number of nitrogens with zero attached hydrogens (tertiary/aromatic N) is 5. The lowest BCUT2D eigenvalue weighted by Crippen LogP contribution is -2.52. The number of carbonyl (C=O) groups is 2. The van der Waals surface area contributed by atoms with Crippen molar-refractivity contribution < 1.29 is 14.1 Å². The third-order valence-electron chi connectivity index (χ3n) is 9.30. The summed E-state index contributed by atoms with van der Waals surface area (Å²) in [6, 6.07) is 26.1. The van der Waals surface area contributed by atoms with Crippen molar-refractivity contribution >= 4 is 23.6 Å². The summed E-state index contributed by atoms with van der Waals surface area (Å²) in [5.74, 6) is 0.387. The van der Waals surface area contributed by atoms with Crippen LogP contribution in [0.2, 0.25) is 0 Å². The van der Waals surface area contributed by atoms with Crippen LogP contribution in [-0.2, 0) is 35.5 Å². The number of benzene rings is 3. The number of fused-ring (bicyclic) bond motifs is 1. The van der Waals surface area contributed by atoms with E-state index < -0.39 is 6.04 Å². The van der Waals surface area contributed by atoms with Crippen LogP contribution in [0.1, 0.15) is 39.3 Å². The summed E-state index contributed by atoms with van der Waals surface area (Å²) in [6.45, 7) is 9.20. The standard InChI is InChI=1S/C38H43N5O3/c1-28-35(29(2)46-39-28)17-18-37(44)43(26-31-13-15-34(16-14-31)41-23-21-40(3)22-24-41)36(25-30-9-5-4-6-10-30)38(45)42-20-19-32-11-7-8-12-33(32)27-42/h4-18,36H,19-27H2,1-3H3/t36-/m0/s1. The minimum absolute atomic E-state index is 0.0356. The fourth-order valence-electron chi connectivity index (χ4n) is 6.46. The van der Waals surface area contributed by atoms with Gasteiger partial charge in [0, 0.05) is 69.6 Å². The van der Waals surface area contributed by atoms with Gasteiger partial charge >= 0.3 is 0 Å². The van der Waals surface area contributed by atoms with E-state index in [1.54, 1.807) is 17.1 Å². The Morgan fingerprint density at radius 1 is 0.870 bits per heavy atom. The lowest BCUT2D eigenvalue weighted by Gasteiger charge is -2.37. The number of rotatable bonds is 9. The third-order valence-corrected chi connectivity index (χ3v) is 9.30. The van der Waals surface area contributed by atoms with E-state index in [1.165, 1.54) is 11.3 Å². The highest BCUT2D eigenvalue weighted by molar-refractivity contribution is 5.96. The summed E-state index contributed by atoms with van der Waals surface area (Å²) in [5.41, 5.74) is 7.11. The lowest BCUT2D eigenvalue weighted by atomic mass is 9.97. The molecule has 8 heteroatoms. The summed E-state index contributed by atoms with van der Waals surface area (Å²) in [6.07, 6.45) is 4.53. The minimum Gasteiger partial charge on any atom is -0.369 e. The maximum atomic E-state index is 14.5. The quantitative estimate of drug-likeness (QED) is 0.238. The molecule has 1 saturated heterocycles. The number of aromatic nitrogens is 1. The van der Waals surface area contributed by atoms with Crippen molar-refractivity contribution in [2.75, 3.05) is 44.7 Å². The normalized spacial score (nSPS) is 16.0. The van der Waals surface area contributed by atoms with Gasteiger partial charge < -0.3 is 24.1 Å². The number of likely N-dealkylation sites (N-methyl/N-ethyl adjacent to an activating group) is 1. The Bertz CT molecular complexity index is 1650. The Morgan fingerprint density at radius 2 is 1.57 bits per heavy atom. The molecule has 0 aliphatic carbocycles. The average molecular weight is 618 g/mol. The smallest absolute Gasteiger partial charge is 0.247 e. The second kappa shape index (κ2) is 14.2. The molecular formula is C38H43N5O3. The van der Waals surface area contributed by atoms with E-state index >= 15 is 0 Å². The van der Waals surface area contributed by atoms with Crippen molar-refractivity contribution in [1.82, 2.24) is 19.9 Å². The number of anilines is 1. The van der Waals surface area contributed by atoms with Gasteiger partial charge in [0.25, 0.3) is 0 Å². The van der Waals surface area contributed by atoms with Crippen LogP contribution in [0.4, 0.5) is 5.69 Å². The number of piperazine rings is 1. The number of hydrogen-bond acceptors (Lipinski definition) is 6. The van der Waals surface area contributed by atoms with E-state index in [4.69, 9.17) is 4.52 Å². The zero-order chi connectivity index (χ0) is 32.0. The number of carbonyl (C=O) groups excluding carboxylic acids is 2. The zero-order valence-electron chi connectivity index (χ0n) is 27.1. The summed E-state index contributed by atoms with van der Waals surface area (Å²) in [7, 11) is 2.15. The molecule has 0 spiro atoms. The first kappa shape index (κ1) is 31.3. The van der Waals surface area contributed by atoms with E-state index in [0.717, 1.165) is 60.5 Å². The second-order valence-corrected chi connectivity index (χ2v) is 12.5. The highest BCUT2D eigenvalue weighted by atomic mass is 16.5. The van der Waals surface area contributed by atoms with Gasteiger partial charge in [-0.2, -0.15) is 0 Å². The van der Waals surface area contributed by atoms with Crippen molar-refractivity contribution in [3.05, 3.63) is 124 Å². The SMILES string of the molecule is Cc1noc(C)c1C=CC(=O)N(Cc1ccc(N2CCN(C)CC2)cc1)[C@@H](Cc1ccccc1)C(=O)N1CCc2ccccc2C1. The summed E-state index contributed by atoms with van der Waals surface area (Å²) < 4.78 is 5.33. The zero-order valence-corrected chi connectivity index (χ0v) is 27.1. The Morgan fingerprint density at radius 3 is 2.26 bits per heavy atom. The molecule has 238 valence electrons. The largest absolute Gasteiger partial charge is 0.369 e. The van der Waals surface area contributed by atoms with Gasteiger partial charge in [-0.05, 0) is 67.8 Å². The van der Waals surface area contributed by atoms with Crippen LogP contribution in [0, 0.1) is 13.8 Å². The van der Waals surface area contributed by atoms with E-state index in [-0.39, 0.29) is 11.8 Å². The molecule has 6 rings (SSSR count). The van der Waals surface area contributed by atoms with E-state index in [9.17, 15) is 9.59 Å². The molecule has 2 aliphatic rings. The van der Waals surface area contributed by atoms with Gasteiger partial charge in [0.05, 0.1) is 5.69 Å². The third kappa shape index (κ3) is 7.23. The summed E-state index contributed by atoms with van der Waals surface area (Å²) >= 11 is 0. The molecule has 0 N–H and O–H groups in total. The first-order chi connectivity index (χ1) is 22.4. The van der Waals surface area contributed by atoms with E-state index in [1.807, 2.05) is 55.1 Å². The van der Waals surface area contributed by atoms with Gasteiger partial charge in [-0.25, -0.2) is 0 Å². The molecule has 0 saturated carbocycles. The molecule has 1 atom stereocenters.